The van der Waals surface area contributed by atoms with Gasteiger partial charge in [-0.2, -0.15) is 0 Å². The highest BCUT2D eigenvalue weighted by Gasteiger charge is 2.36. The van der Waals surface area contributed by atoms with Crippen LogP contribution in [0.4, 0.5) is 4.39 Å². The maximum absolute atomic E-state index is 13.8. The van der Waals surface area contributed by atoms with Gasteiger partial charge in [0.25, 0.3) is 0 Å². The number of fused-ring (bicyclic) bond motifs is 1. The highest BCUT2D eigenvalue weighted by atomic mass is 19.1. The molecule has 1 fully saturated rings. The molecule has 0 radical (unpaired) electrons. The van der Waals surface area contributed by atoms with Gasteiger partial charge in [0.2, 0.25) is 0 Å². The van der Waals surface area contributed by atoms with Crippen molar-refractivity contribution in [3.8, 4) is 0 Å². The molecule has 3 aromatic rings. The summed E-state index contributed by atoms with van der Waals surface area (Å²) in [6.07, 6.45) is 3.61. The van der Waals surface area contributed by atoms with Crippen LogP contribution >= 0.6 is 0 Å². The number of halogens is 1. The fourth-order valence-electron chi connectivity index (χ4n) is 3.47. The molecule has 24 heavy (non-hydrogen) atoms. The molecule has 3 heterocycles. The zero-order valence-electron chi connectivity index (χ0n) is 13.7. The Morgan fingerprint density at radius 3 is 2.92 bits per heavy atom. The quantitative estimate of drug-likeness (QED) is 0.781. The third-order valence-corrected chi connectivity index (χ3v) is 4.66. The van der Waals surface area contributed by atoms with Gasteiger partial charge in [0.1, 0.15) is 11.3 Å². The minimum absolute atomic E-state index is 0.239. The van der Waals surface area contributed by atoms with Crippen molar-refractivity contribution in [2.45, 2.75) is 18.6 Å². The third-order valence-electron chi connectivity index (χ3n) is 4.66. The molecule has 8 heteroatoms. The van der Waals surface area contributed by atoms with E-state index in [1.54, 1.807) is 12.3 Å². The predicted molar refractivity (Wildman–Crippen MR) is 87.9 cm³/mol. The average Bonchev–Trinajstić information content (AvgIpc) is 3.25. The normalized spacial score (nSPS) is 22.0. The number of likely N-dealkylation sites (tertiary alicyclic amines) is 1. The molecule has 1 aliphatic heterocycles. The van der Waals surface area contributed by atoms with E-state index < -0.39 is 0 Å². The number of nitrogens with zero attached hydrogens (tertiary/aromatic N) is 6. The van der Waals surface area contributed by atoms with E-state index in [1.165, 1.54) is 6.07 Å². The Balaban J connectivity index is 1.55. The lowest BCUT2D eigenvalue weighted by Gasteiger charge is -2.24. The van der Waals surface area contributed by atoms with Crippen LogP contribution in [0, 0.1) is 5.82 Å². The number of aromatic nitrogens is 5. The van der Waals surface area contributed by atoms with Crippen LogP contribution in [-0.2, 0) is 6.54 Å². The first kappa shape index (κ1) is 15.2. The lowest BCUT2D eigenvalue weighted by atomic mass is 10.1. The van der Waals surface area contributed by atoms with Crippen LogP contribution in [0.1, 0.15) is 11.9 Å². The summed E-state index contributed by atoms with van der Waals surface area (Å²) in [6, 6.07) is 5.56. The van der Waals surface area contributed by atoms with E-state index in [-0.39, 0.29) is 11.9 Å². The second kappa shape index (κ2) is 5.95. The van der Waals surface area contributed by atoms with E-state index in [4.69, 9.17) is 0 Å². The van der Waals surface area contributed by atoms with Crippen LogP contribution < -0.4 is 0 Å². The first-order valence-corrected chi connectivity index (χ1v) is 7.99. The van der Waals surface area contributed by atoms with Crippen molar-refractivity contribution in [2.75, 3.05) is 27.2 Å². The van der Waals surface area contributed by atoms with Gasteiger partial charge in [-0.3, -0.25) is 4.90 Å². The molecule has 126 valence electrons. The molecule has 0 unspecified atom stereocenters. The zero-order chi connectivity index (χ0) is 16.7. The Hall–Kier alpha value is -2.32. The number of imidazole rings is 1. The van der Waals surface area contributed by atoms with Crippen molar-refractivity contribution in [1.82, 2.24) is 34.8 Å². The van der Waals surface area contributed by atoms with E-state index >= 15 is 0 Å². The van der Waals surface area contributed by atoms with E-state index in [1.807, 2.05) is 16.9 Å². The first-order chi connectivity index (χ1) is 11.6. The fourth-order valence-corrected chi connectivity index (χ4v) is 3.47. The molecule has 2 aromatic heterocycles. The van der Waals surface area contributed by atoms with Gasteiger partial charge in [-0.25, -0.2) is 14.1 Å². The molecular weight excluding hydrogens is 309 g/mol. The number of para-hydroxylation sites is 1. The summed E-state index contributed by atoms with van der Waals surface area (Å²) in [6.45, 7) is 2.41. The van der Waals surface area contributed by atoms with Gasteiger partial charge in [0.15, 0.2) is 5.82 Å². The number of H-pyrrole nitrogens is 1. The fraction of sp³-hybridized carbons (Fsp3) is 0.438. The van der Waals surface area contributed by atoms with Crippen LogP contribution in [0.15, 0.2) is 30.6 Å². The monoisotopic (exact) mass is 329 g/mol. The van der Waals surface area contributed by atoms with Gasteiger partial charge in [0.05, 0.1) is 24.3 Å². The molecule has 0 saturated carbocycles. The number of likely N-dealkylation sites (N-methyl/N-ethyl adjacent to an activating group) is 1. The Morgan fingerprint density at radius 1 is 1.33 bits per heavy atom. The summed E-state index contributed by atoms with van der Waals surface area (Å²) in [5, 5.41) is 8.08. The molecule has 0 bridgehead atoms. The second-order valence-electron chi connectivity index (χ2n) is 6.49. The molecule has 1 N–H and O–H groups in total. The smallest absolute Gasteiger partial charge is 0.151 e. The average molecular weight is 329 g/mol. The highest BCUT2D eigenvalue weighted by Crippen LogP contribution is 2.26. The van der Waals surface area contributed by atoms with Crippen molar-refractivity contribution in [2.24, 2.45) is 0 Å². The Morgan fingerprint density at radius 2 is 2.21 bits per heavy atom. The Bertz CT molecular complexity index is 826. The van der Waals surface area contributed by atoms with Gasteiger partial charge in [-0.1, -0.05) is 11.3 Å². The Kier molecular flexibility index (Phi) is 3.78. The van der Waals surface area contributed by atoms with Gasteiger partial charge < -0.3 is 9.88 Å². The molecule has 0 amide bonds. The minimum Gasteiger partial charge on any atom is -0.341 e. The third kappa shape index (κ3) is 2.67. The lowest BCUT2D eigenvalue weighted by Crippen LogP contribution is -2.36. The molecule has 4 rings (SSSR count). The summed E-state index contributed by atoms with van der Waals surface area (Å²) < 4.78 is 15.7. The maximum atomic E-state index is 13.8. The van der Waals surface area contributed by atoms with E-state index in [0.29, 0.717) is 18.1 Å². The highest BCUT2D eigenvalue weighted by molar-refractivity contribution is 5.75. The molecular formula is C16H20FN7. The number of benzene rings is 1. The summed E-state index contributed by atoms with van der Waals surface area (Å²) in [7, 11) is 4.16. The lowest BCUT2D eigenvalue weighted by molar-refractivity contribution is 0.236. The number of hydrogen-bond donors (Lipinski definition) is 1. The largest absolute Gasteiger partial charge is 0.341 e. The van der Waals surface area contributed by atoms with Gasteiger partial charge in [-0.15, -0.1) is 5.10 Å². The van der Waals surface area contributed by atoms with E-state index in [9.17, 15) is 4.39 Å². The summed E-state index contributed by atoms with van der Waals surface area (Å²) in [4.78, 5) is 12.2. The van der Waals surface area contributed by atoms with Crippen molar-refractivity contribution in [1.29, 1.82) is 0 Å². The first-order valence-electron chi connectivity index (χ1n) is 7.99. The van der Waals surface area contributed by atoms with Crippen LogP contribution in [0.25, 0.3) is 11.0 Å². The van der Waals surface area contributed by atoms with Crippen molar-refractivity contribution in [3.05, 3.63) is 42.2 Å². The molecule has 1 aromatic carbocycles. The predicted octanol–water partition coefficient (Wildman–Crippen LogP) is 1.28. The maximum Gasteiger partial charge on any atom is 0.151 e. The topological polar surface area (TPSA) is 65.9 Å². The van der Waals surface area contributed by atoms with Gasteiger partial charge in [-0.05, 0) is 26.2 Å². The molecule has 0 aliphatic carbocycles. The molecule has 2 atom stereocenters. The number of hydrogen-bond acceptors (Lipinski definition) is 5. The number of nitrogens with one attached hydrogen (secondary N) is 1. The van der Waals surface area contributed by atoms with Crippen molar-refractivity contribution < 1.29 is 4.39 Å². The SMILES string of the molecule is CN(C)[C@@H]1CN(Cc2nc3c(F)cccc3[nH]2)C[C@@H]1n1ccnn1. The van der Waals surface area contributed by atoms with Crippen LogP contribution in [-0.4, -0.2) is 68.0 Å². The molecule has 7 nitrogen and oxygen atoms in total. The van der Waals surface area contributed by atoms with Crippen LogP contribution in [0.3, 0.4) is 0 Å². The minimum atomic E-state index is -0.289. The summed E-state index contributed by atoms with van der Waals surface area (Å²) in [5.41, 5.74) is 1.14. The Labute approximate surface area is 139 Å². The van der Waals surface area contributed by atoms with Crippen LogP contribution in [0.2, 0.25) is 0 Å². The second-order valence-corrected chi connectivity index (χ2v) is 6.49. The van der Waals surface area contributed by atoms with E-state index in [2.05, 4.69) is 44.2 Å². The zero-order valence-corrected chi connectivity index (χ0v) is 13.7. The van der Waals surface area contributed by atoms with Crippen molar-refractivity contribution in [3.63, 3.8) is 0 Å². The standard InChI is InChI=1S/C16H20FN7/c1-22(2)13-8-23(9-14(13)24-7-6-18-21-24)10-15-19-12-5-3-4-11(17)16(12)20-15/h3-7,13-14H,8-10H2,1-2H3,(H,19,20)/t13-,14+/m1/s1. The molecule has 0 spiro atoms. The summed E-state index contributed by atoms with van der Waals surface area (Å²) in [5.74, 6) is 0.495. The van der Waals surface area contributed by atoms with Gasteiger partial charge >= 0.3 is 0 Å². The number of aromatic amines is 1. The number of rotatable bonds is 4. The van der Waals surface area contributed by atoms with Gasteiger partial charge in [0, 0.05) is 25.3 Å². The van der Waals surface area contributed by atoms with E-state index in [0.717, 1.165) is 24.4 Å². The van der Waals surface area contributed by atoms with Crippen LogP contribution in [0.5, 0.6) is 0 Å². The molecule has 1 saturated heterocycles. The van der Waals surface area contributed by atoms with Crippen molar-refractivity contribution >= 4 is 11.0 Å². The summed E-state index contributed by atoms with van der Waals surface area (Å²) >= 11 is 0. The molecule has 1 aliphatic rings.